The van der Waals surface area contributed by atoms with E-state index in [0.29, 0.717) is 35.9 Å². The Morgan fingerprint density at radius 3 is 2.67 bits per heavy atom. The molecule has 0 amide bonds. The van der Waals surface area contributed by atoms with Gasteiger partial charge >= 0.3 is 0 Å². The van der Waals surface area contributed by atoms with E-state index in [1.54, 1.807) is 27.9 Å². The van der Waals surface area contributed by atoms with Crippen molar-refractivity contribution in [2.45, 2.75) is 108 Å². The molecule has 4 heteroatoms. The second-order valence-electron chi connectivity index (χ2n) is 14.5. The first kappa shape index (κ1) is 26.9. The quantitative estimate of drug-likeness (QED) is 0.346. The average Bonchev–Trinajstić information content (AvgIpc) is 3.47. The van der Waals surface area contributed by atoms with E-state index in [4.69, 9.17) is 4.74 Å². The number of hydrogen-bond acceptors (Lipinski definition) is 3. The Labute approximate surface area is 257 Å². The molecule has 9 unspecified atom stereocenters. The first-order valence-corrected chi connectivity index (χ1v) is 17.6. The van der Waals surface area contributed by atoms with Gasteiger partial charge in [-0.25, -0.2) is 10.6 Å². The molecular weight excluding hydrogens is 526 g/mol. The van der Waals surface area contributed by atoms with Crippen LogP contribution in [-0.4, -0.2) is 30.7 Å². The second-order valence-corrected chi connectivity index (χ2v) is 14.5. The van der Waals surface area contributed by atoms with Gasteiger partial charge in [-0.2, -0.15) is 0 Å². The lowest BCUT2D eigenvalue weighted by molar-refractivity contribution is -0.725. The molecule has 0 bridgehead atoms. The summed E-state index contributed by atoms with van der Waals surface area (Å²) in [7, 11) is 0. The van der Waals surface area contributed by atoms with Crippen molar-refractivity contribution in [2.75, 3.05) is 0 Å². The predicted octanol–water partition coefficient (Wildman–Crippen LogP) is 6.33. The van der Waals surface area contributed by atoms with E-state index < -0.39 is 0 Å². The van der Waals surface area contributed by atoms with Crippen LogP contribution in [0.4, 0.5) is 0 Å². The normalized spacial score (nSPS) is 41.5. The molecule has 2 fully saturated rings. The van der Waals surface area contributed by atoms with Crippen molar-refractivity contribution in [2.24, 2.45) is 23.7 Å². The number of nitrogens with two attached hydrogens (primary N) is 1. The molecule has 0 saturated carbocycles. The van der Waals surface area contributed by atoms with Crippen LogP contribution in [0, 0.1) is 23.7 Å². The van der Waals surface area contributed by atoms with Crippen molar-refractivity contribution in [1.29, 1.82) is 0 Å². The molecule has 9 rings (SSSR count). The van der Waals surface area contributed by atoms with Crippen LogP contribution in [0.2, 0.25) is 0 Å². The molecule has 9 atom stereocenters. The highest BCUT2D eigenvalue weighted by Crippen LogP contribution is 2.54. The van der Waals surface area contributed by atoms with E-state index in [1.165, 1.54) is 75.4 Å². The molecular formula is C39H48N3O+. The summed E-state index contributed by atoms with van der Waals surface area (Å²) in [4.78, 5) is 0. The number of ether oxygens (including phenoxy) is 1. The summed E-state index contributed by atoms with van der Waals surface area (Å²) in [5, 5.41) is 10.8. The first-order valence-electron chi connectivity index (χ1n) is 17.6. The minimum absolute atomic E-state index is 0.209. The van der Waals surface area contributed by atoms with Crippen molar-refractivity contribution in [3.8, 4) is 0 Å². The van der Waals surface area contributed by atoms with Crippen LogP contribution in [0.3, 0.4) is 0 Å². The highest BCUT2D eigenvalue weighted by molar-refractivity contribution is 5.45. The van der Waals surface area contributed by atoms with Crippen molar-refractivity contribution in [3.05, 3.63) is 106 Å². The molecule has 0 spiro atoms. The number of quaternary nitrogens is 1. The molecule has 0 radical (unpaired) electrons. The third-order valence-electron chi connectivity index (χ3n) is 12.2. The molecule has 4 nitrogen and oxygen atoms in total. The summed E-state index contributed by atoms with van der Waals surface area (Å²) in [6.45, 7) is 0. The van der Waals surface area contributed by atoms with Gasteiger partial charge < -0.3 is 10.1 Å². The van der Waals surface area contributed by atoms with Crippen LogP contribution >= 0.6 is 0 Å². The highest BCUT2D eigenvalue weighted by atomic mass is 16.5. The number of hydrogen-bond donors (Lipinski definition) is 3. The third kappa shape index (κ3) is 4.72. The average molecular weight is 575 g/mol. The molecule has 4 N–H and O–H groups in total. The van der Waals surface area contributed by atoms with Gasteiger partial charge in [0, 0.05) is 28.9 Å². The summed E-state index contributed by atoms with van der Waals surface area (Å²) in [6.07, 6.45) is 43.0. The van der Waals surface area contributed by atoms with Gasteiger partial charge in [0.1, 0.15) is 0 Å². The van der Waals surface area contributed by atoms with Gasteiger partial charge in [0.25, 0.3) is 0 Å². The van der Waals surface area contributed by atoms with Gasteiger partial charge in [0.15, 0.2) is 12.3 Å². The molecule has 43 heavy (non-hydrogen) atoms. The van der Waals surface area contributed by atoms with Crippen molar-refractivity contribution >= 4 is 0 Å². The highest BCUT2D eigenvalue weighted by Gasteiger charge is 2.50. The van der Waals surface area contributed by atoms with E-state index >= 15 is 0 Å². The smallest absolute Gasteiger partial charge is 0.168 e. The zero-order valence-electron chi connectivity index (χ0n) is 25.5. The van der Waals surface area contributed by atoms with Crippen LogP contribution in [0.25, 0.3) is 0 Å². The van der Waals surface area contributed by atoms with Gasteiger partial charge in [-0.05, 0) is 94.1 Å². The Morgan fingerprint density at radius 2 is 1.72 bits per heavy atom. The summed E-state index contributed by atoms with van der Waals surface area (Å²) in [5.74, 6) is 2.21. The fourth-order valence-electron chi connectivity index (χ4n) is 10.2. The zero-order valence-corrected chi connectivity index (χ0v) is 25.5. The lowest BCUT2D eigenvalue weighted by Crippen LogP contribution is -3.05. The van der Waals surface area contributed by atoms with Gasteiger partial charge in [-0.3, -0.25) is 0 Å². The standard InChI is InChI=1S/C39H47N3O/c1-2-10-26(11-3-1)37-40-38(42-39(41-37)31-15-8-12-24-9-4-5-13-29(24)31)28-19-21-30-27(23-28)18-17-25-20-22-34-36(35(25)30)32-14-6-7-16-33(32)43-34/h1-2,6-7,10,14-16,19,21,23,27,30,32-34,36-42H,3-5,8-9,11-13,17-18,20,22H2/p+1. The molecule has 0 aromatic heterocycles. The Hall–Kier alpha value is -2.50. The van der Waals surface area contributed by atoms with Gasteiger partial charge in [0.2, 0.25) is 0 Å². The van der Waals surface area contributed by atoms with Gasteiger partial charge in [-0.1, -0.05) is 83.6 Å². The van der Waals surface area contributed by atoms with Crippen molar-refractivity contribution in [3.63, 3.8) is 0 Å². The fourth-order valence-corrected chi connectivity index (χ4v) is 10.2. The Kier molecular flexibility index (Phi) is 6.96. The lowest BCUT2D eigenvalue weighted by atomic mass is 9.61. The molecule has 2 heterocycles. The largest absolute Gasteiger partial charge is 0.370 e. The first-order chi connectivity index (χ1) is 21.3. The lowest BCUT2D eigenvalue weighted by Gasteiger charge is -2.44. The van der Waals surface area contributed by atoms with Crippen LogP contribution < -0.4 is 16.0 Å². The Morgan fingerprint density at radius 1 is 0.814 bits per heavy atom. The molecule has 7 aliphatic carbocycles. The SMILES string of the molecule is C1=CCCC(C2NC(C3=CCCC4=C3CCCC4)NC(C3=CC4CCC5=C(C4C=C3)C3C(CC5)OC4C=CC=CC43)[NH2+]2)=C1. The molecule has 0 aromatic rings. The maximum absolute atomic E-state index is 6.64. The van der Waals surface area contributed by atoms with E-state index in [-0.39, 0.29) is 18.4 Å². The maximum Gasteiger partial charge on any atom is 0.168 e. The second kappa shape index (κ2) is 11.1. The van der Waals surface area contributed by atoms with Crippen molar-refractivity contribution in [1.82, 2.24) is 10.6 Å². The summed E-state index contributed by atoms with van der Waals surface area (Å²) < 4.78 is 6.64. The van der Waals surface area contributed by atoms with E-state index in [1.807, 2.05) is 0 Å². The van der Waals surface area contributed by atoms with Crippen LogP contribution in [0.15, 0.2) is 106 Å². The summed E-state index contributed by atoms with van der Waals surface area (Å²) >= 11 is 0. The van der Waals surface area contributed by atoms with Crippen LogP contribution in [0.1, 0.15) is 77.0 Å². The number of rotatable bonds is 3. The molecule has 2 aliphatic heterocycles. The van der Waals surface area contributed by atoms with E-state index in [0.717, 1.165) is 12.8 Å². The predicted molar refractivity (Wildman–Crippen MR) is 172 cm³/mol. The van der Waals surface area contributed by atoms with Crippen LogP contribution in [0.5, 0.6) is 0 Å². The van der Waals surface area contributed by atoms with Crippen molar-refractivity contribution < 1.29 is 10.1 Å². The minimum Gasteiger partial charge on any atom is -0.370 e. The minimum atomic E-state index is 0.209. The summed E-state index contributed by atoms with van der Waals surface area (Å²) in [5.41, 5.74) is 11.5. The number of fused-ring (bicyclic) bond motifs is 6. The third-order valence-corrected chi connectivity index (χ3v) is 12.2. The number of allylic oxidation sites excluding steroid dienone is 10. The zero-order chi connectivity index (χ0) is 28.3. The Balaban J connectivity index is 1.01. The topological polar surface area (TPSA) is 49.9 Å². The number of nitrogens with one attached hydrogen (secondary N) is 2. The van der Waals surface area contributed by atoms with Gasteiger partial charge in [-0.15, -0.1) is 0 Å². The molecule has 224 valence electrons. The van der Waals surface area contributed by atoms with Crippen LogP contribution in [-0.2, 0) is 4.74 Å². The fraction of sp³-hybridized carbons (Fsp3) is 0.538. The maximum atomic E-state index is 6.64. The summed E-state index contributed by atoms with van der Waals surface area (Å²) in [6, 6.07) is 0. The molecule has 9 aliphatic rings. The Bertz CT molecular complexity index is 1450. The van der Waals surface area contributed by atoms with E-state index in [9.17, 15) is 0 Å². The molecule has 2 saturated heterocycles. The van der Waals surface area contributed by atoms with E-state index in [2.05, 4.69) is 82.8 Å². The van der Waals surface area contributed by atoms with Gasteiger partial charge in [0.05, 0.1) is 18.4 Å². The monoisotopic (exact) mass is 574 g/mol. The molecule has 0 aromatic carbocycles.